The van der Waals surface area contributed by atoms with E-state index in [1.54, 1.807) is 0 Å². The summed E-state index contributed by atoms with van der Waals surface area (Å²) in [4.78, 5) is 6.49. The highest BCUT2D eigenvalue weighted by Crippen LogP contribution is 2.47. The molecule has 0 aliphatic carbocycles. The lowest BCUT2D eigenvalue weighted by atomic mass is 9.91. The molecule has 0 amide bonds. The number of hydrogen-bond acceptors (Lipinski definition) is 2. The third-order valence-corrected chi connectivity index (χ3v) is 14.8. The first-order valence-electron chi connectivity index (χ1n) is 22.0. The molecule has 298 valence electrons. The number of pyridine rings is 1. The smallest absolute Gasteiger partial charge is 0.142 e. The molecule has 3 aromatic heterocycles. The van der Waals surface area contributed by atoms with Crippen LogP contribution < -0.4 is 0 Å². The molecule has 0 bridgehead atoms. The summed E-state index contributed by atoms with van der Waals surface area (Å²) >= 11 is 1.91. The number of rotatable bonds is 4. The van der Waals surface area contributed by atoms with E-state index < -0.39 is 0 Å². The van der Waals surface area contributed by atoms with Crippen molar-refractivity contribution in [2.75, 3.05) is 0 Å². The summed E-state index contributed by atoms with van der Waals surface area (Å²) in [5.41, 5.74) is 14.5. The van der Waals surface area contributed by atoms with Crippen molar-refractivity contribution in [2.24, 2.45) is 0 Å². The zero-order chi connectivity index (χ0) is 41.9. The summed E-state index contributed by atoms with van der Waals surface area (Å²) < 4.78 is 4.80. The van der Waals surface area contributed by atoms with Crippen LogP contribution in [0.1, 0.15) is 5.56 Å². The van der Waals surface area contributed by atoms with Crippen LogP contribution in [-0.4, -0.2) is 14.1 Å². The summed E-state index contributed by atoms with van der Waals surface area (Å²) in [6.45, 7) is 0. The van der Waals surface area contributed by atoms with E-state index in [2.05, 4.69) is 215 Å². The van der Waals surface area contributed by atoms with Gasteiger partial charge in [0.05, 0.1) is 22.1 Å². The predicted molar refractivity (Wildman–Crippen MR) is 271 cm³/mol. The zero-order valence-electron chi connectivity index (χ0n) is 34.7. The lowest BCUT2D eigenvalue weighted by molar-refractivity contribution is 1.04. The normalized spacial score (nSPS) is 12.6. The number of aromatic nitrogens is 3. The van der Waals surface area contributed by atoms with Gasteiger partial charge in [0.25, 0.3) is 0 Å². The summed E-state index contributed by atoms with van der Waals surface area (Å²) in [6, 6.07) is 76.1. The van der Waals surface area contributed by atoms with Gasteiger partial charge in [0.15, 0.2) is 0 Å². The van der Waals surface area contributed by atoms with Gasteiger partial charge < -0.3 is 4.57 Å². The van der Waals surface area contributed by atoms with Crippen molar-refractivity contribution in [3.63, 3.8) is 0 Å². The second kappa shape index (κ2) is 13.8. The number of hydrogen-bond donors (Lipinski definition) is 0. The number of thioether (sulfide) groups is 1. The van der Waals surface area contributed by atoms with Gasteiger partial charge in [0.2, 0.25) is 0 Å². The Kier molecular flexibility index (Phi) is 7.68. The fraction of sp³-hybridized carbons (Fsp3) is 0.0167. The van der Waals surface area contributed by atoms with Gasteiger partial charge in [-0.25, -0.2) is 4.98 Å². The van der Waals surface area contributed by atoms with Gasteiger partial charge in [-0.1, -0.05) is 140 Å². The molecular formula is C60H37N3S. The minimum absolute atomic E-state index is 0.847. The minimum Gasteiger partial charge on any atom is -0.309 e. The second-order valence-electron chi connectivity index (χ2n) is 17.0. The van der Waals surface area contributed by atoms with Gasteiger partial charge >= 0.3 is 0 Å². The molecule has 4 heteroatoms. The molecule has 0 fully saturated rings. The predicted octanol–water partition coefficient (Wildman–Crippen LogP) is 16.3. The summed E-state index contributed by atoms with van der Waals surface area (Å²) in [6.07, 6.45) is 2.00. The highest BCUT2D eigenvalue weighted by Gasteiger charge is 2.25. The molecule has 1 aliphatic heterocycles. The third kappa shape index (κ3) is 5.21. The van der Waals surface area contributed by atoms with Crippen molar-refractivity contribution in [3.8, 4) is 44.9 Å². The van der Waals surface area contributed by atoms with Crippen LogP contribution in [0.25, 0.3) is 121 Å². The Hall–Kier alpha value is -7.92. The first-order valence-corrected chi connectivity index (χ1v) is 22.9. The third-order valence-electron chi connectivity index (χ3n) is 13.7. The zero-order valence-corrected chi connectivity index (χ0v) is 35.5. The van der Waals surface area contributed by atoms with Gasteiger partial charge in [-0.3, -0.25) is 4.57 Å². The van der Waals surface area contributed by atoms with E-state index in [0.717, 1.165) is 28.3 Å². The highest BCUT2D eigenvalue weighted by atomic mass is 32.2. The maximum absolute atomic E-state index is 5.19. The average Bonchev–Trinajstić information content (AvgIpc) is 3.88. The van der Waals surface area contributed by atoms with Crippen LogP contribution in [0.15, 0.2) is 217 Å². The minimum atomic E-state index is 0.847. The molecule has 0 saturated heterocycles. The van der Waals surface area contributed by atoms with E-state index in [0.29, 0.717) is 0 Å². The second-order valence-corrected chi connectivity index (χ2v) is 18.0. The molecule has 0 spiro atoms. The Morgan fingerprint density at radius 3 is 1.53 bits per heavy atom. The standard InChI is InChI=1S/C60H37N3S/c1-2-16-44-42(14-1)43-15-3-4-17-45(43)51-33-39(24-27-46(44)51)37-12-11-13-38(32-37)40-25-29-59-53(34-40)47-30-31-61-60(54(47)36-64-59)63-57-23-10-7-20-50(57)52-35-41(26-28-58(52)63)62-55-21-8-5-18-48(55)49-19-6-9-22-56(49)62/h1-35H,36H2. The van der Waals surface area contributed by atoms with Gasteiger partial charge in [-0.15, -0.1) is 11.8 Å². The Morgan fingerprint density at radius 2 is 0.859 bits per heavy atom. The molecule has 13 aromatic rings. The molecule has 0 radical (unpaired) electrons. The molecule has 0 unspecified atom stereocenters. The molecule has 14 rings (SSSR count). The van der Waals surface area contributed by atoms with Gasteiger partial charge in [0, 0.05) is 49.6 Å². The van der Waals surface area contributed by atoms with Crippen LogP contribution in [0.5, 0.6) is 0 Å². The number of fused-ring (bicyclic) bond motifs is 15. The van der Waals surface area contributed by atoms with Crippen molar-refractivity contribution >= 4 is 87.7 Å². The van der Waals surface area contributed by atoms with E-state index in [9.17, 15) is 0 Å². The largest absolute Gasteiger partial charge is 0.309 e. The fourth-order valence-electron chi connectivity index (χ4n) is 10.8. The lowest BCUT2D eigenvalue weighted by Crippen LogP contribution is -2.07. The van der Waals surface area contributed by atoms with Gasteiger partial charge in [-0.05, 0) is 132 Å². The topological polar surface area (TPSA) is 22.8 Å². The van der Waals surface area contributed by atoms with Crippen molar-refractivity contribution < 1.29 is 0 Å². The SMILES string of the molecule is c1cc(-c2ccc3c(c2)-c2ccnc(-n4c5ccccc5c5cc(-n6c7ccccc7c7ccccc76)ccc54)c2CS3)cc(-c2ccc3c4ccccc4c4ccccc4c3c2)c1. The fourth-order valence-corrected chi connectivity index (χ4v) is 11.8. The van der Waals surface area contributed by atoms with Crippen molar-refractivity contribution in [2.45, 2.75) is 10.6 Å². The van der Waals surface area contributed by atoms with E-state index in [4.69, 9.17) is 4.98 Å². The molecule has 10 aromatic carbocycles. The molecule has 64 heavy (non-hydrogen) atoms. The van der Waals surface area contributed by atoms with E-state index in [-0.39, 0.29) is 0 Å². The van der Waals surface area contributed by atoms with Crippen molar-refractivity contribution in [1.29, 1.82) is 0 Å². The average molecular weight is 832 g/mol. The molecule has 0 N–H and O–H groups in total. The molecule has 1 aliphatic rings. The van der Waals surface area contributed by atoms with E-state index in [1.807, 2.05) is 18.0 Å². The van der Waals surface area contributed by atoms with Crippen molar-refractivity contribution in [3.05, 3.63) is 218 Å². The van der Waals surface area contributed by atoms with Gasteiger partial charge in [-0.2, -0.15) is 0 Å². The highest BCUT2D eigenvalue weighted by molar-refractivity contribution is 7.98. The number of para-hydroxylation sites is 3. The van der Waals surface area contributed by atoms with Crippen LogP contribution in [0.3, 0.4) is 0 Å². The molecule has 4 heterocycles. The van der Waals surface area contributed by atoms with E-state index >= 15 is 0 Å². The van der Waals surface area contributed by atoms with Crippen LogP contribution >= 0.6 is 11.8 Å². The van der Waals surface area contributed by atoms with Crippen LogP contribution in [0, 0.1) is 0 Å². The van der Waals surface area contributed by atoms with Crippen LogP contribution in [0.2, 0.25) is 0 Å². The van der Waals surface area contributed by atoms with E-state index in [1.165, 1.54) is 109 Å². The first kappa shape index (κ1) is 35.7. The Labute approximate surface area is 373 Å². The first-order chi connectivity index (χ1) is 31.7. The Morgan fingerprint density at radius 1 is 0.344 bits per heavy atom. The summed E-state index contributed by atoms with van der Waals surface area (Å²) in [5.74, 6) is 1.84. The Bertz CT molecular complexity index is 4010. The molecule has 0 saturated carbocycles. The van der Waals surface area contributed by atoms with Crippen LogP contribution in [0.4, 0.5) is 0 Å². The van der Waals surface area contributed by atoms with Crippen molar-refractivity contribution in [1.82, 2.24) is 14.1 Å². The quantitative estimate of drug-likeness (QED) is 0.165. The molecule has 0 atom stereocenters. The molecule has 3 nitrogen and oxygen atoms in total. The maximum Gasteiger partial charge on any atom is 0.142 e. The van der Waals surface area contributed by atoms with Crippen LogP contribution in [-0.2, 0) is 5.75 Å². The monoisotopic (exact) mass is 831 g/mol. The lowest BCUT2D eigenvalue weighted by Gasteiger charge is -2.23. The maximum atomic E-state index is 5.19. The summed E-state index contributed by atoms with van der Waals surface area (Å²) in [5, 5.41) is 12.7. The van der Waals surface area contributed by atoms with Gasteiger partial charge in [0.1, 0.15) is 5.82 Å². The number of benzene rings is 10. The summed E-state index contributed by atoms with van der Waals surface area (Å²) in [7, 11) is 0. The molecular weight excluding hydrogens is 795 g/mol. The number of nitrogens with zero attached hydrogens (tertiary/aromatic N) is 3. The Balaban J connectivity index is 0.880.